The van der Waals surface area contributed by atoms with Crippen molar-refractivity contribution in [3.63, 3.8) is 0 Å². The Morgan fingerprint density at radius 2 is 1.36 bits per heavy atom. The number of hydrogen-bond donors (Lipinski definition) is 0. The number of nitrogens with zero attached hydrogens (tertiary/aromatic N) is 1. The van der Waals surface area contributed by atoms with Crippen LogP contribution < -0.4 is 0 Å². The fraction of sp³-hybridized carbons (Fsp3) is 0.386. The van der Waals surface area contributed by atoms with Gasteiger partial charge in [0.05, 0.1) is 0 Å². The van der Waals surface area contributed by atoms with Gasteiger partial charge in [-0.2, -0.15) is 0 Å². The van der Waals surface area contributed by atoms with Crippen LogP contribution in [0.15, 0.2) is 95.5 Å². The summed E-state index contributed by atoms with van der Waals surface area (Å²) < 4.78 is 1.39. The molecule has 4 aromatic carbocycles. The number of hydrogen-bond acceptors (Lipinski definition) is 1. The van der Waals surface area contributed by atoms with Crippen molar-refractivity contribution in [3.8, 4) is 22.3 Å². The van der Waals surface area contributed by atoms with Gasteiger partial charge in [-0.1, -0.05) is 6.92 Å². The Labute approximate surface area is 297 Å². The van der Waals surface area contributed by atoms with E-state index in [1.54, 1.807) is 0 Å². The van der Waals surface area contributed by atoms with E-state index in [0.717, 1.165) is 37.1 Å². The van der Waals surface area contributed by atoms with Gasteiger partial charge in [-0.25, -0.2) is 0 Å². The molecule has 0 aliphatic rings. The molecule has 0 heterocycles. The molecule has 0 aliphatic carbocycles. The van der Waals surface area contributed by atoms with Crippen molar-refractivity contribution in [1.82, 2.24) is 0 Å². The van der Waals surface area contributed by atoms with Crippen LogP contribution in [-0.4, -0.2) is 5.71 Å². The fourth-order valence-electron chi connectivity index (χ4n) is 6.84. The van der Waals surface area contributed by atoms with E-state index in [1.165, 1.54) is 98.7 Å². The Morgan fingerprint density at radius 1 is 0.723 bits per heavy atom. The summed E-state index contributed by atoms with van der Waals surface area (Å²) in [5.74, 6) is 2.31. The molecule has 0 bridgehead atoms. The Kier molecular flexibility index (Phi) is 14.8. The fourth-order valence-corrected chi connectivity index (χ4v) is 9.36. The Hall–Kier alpha value is -2.74. The van der Waals surface area contributed by atoms with Crippen LogP contribution in [-0.2, 0) is 30.9 Å². The maximum atomic E-state index is 5.43. The van der Waals surface area contributed by atoms with E-state index in [-0.39, 0.29) is 11.6 Å². The molecule has 0 amide bonds. The SMILES string of the molecule is CCCCCCc1cc(N=C(C)C(CC)=[C](c2cc(C)c(-c3ccccc3)c(CCCC)c2)[Ni]([CH3])[Br])cc(-c2ccccc2)c1CC. The summed E-state index contributed by atoms with van der Waals surface area (Å²) >= 11 is 3.80. The zero-order valence-corrected chi connectivity index (χ0v) is 32.4. The predicted octanol–water partition coefficient (Wildman–Crippen LogP) is 14.2. The molecule has 0 saturated carbocycles. The monoisotopic (exact) mass is 734 g/mol. The summed E-state index contributed by atoms with van der Waals surface area (Å²) in [7, 11) is 0. The van der Waals surface area contributed by atoms with Crippen molar-refractivity contribution >= 4 is 30.2 Å². The molecule has 0 atom stereocenters. The van der Waals surface area contributed by atoms with Gasteiger partial charge in [0.2, 0.25) is 0 Å². The third kappa shape index (κ3) is 9.67. The number of benzene rings is 4. The molecular formula is C44H55BrNNi. The second-order valence-electron chi connectivity index (χ2n) is 12.6. The number of aryl methyl sites for hydroxylation is 3. The van der Waals surface area contributed by atoms with Gasteiger partial charge in [0, 0.05) is 0 Å². The number of unbranched alkanes of at least 4 members (excludes halogenated alkanes) is 4. The molecule has 0 aliphatic heterocycles. The molecule has 0 saturated heterocycles. The summed E-state index contributed by atoms with van der Waals surface area (Å²) in [5.41, 5.74) is 15.9. The van der Waals surface area contributed by atoms with E-state index in [2.05, 4.69) is 147 Å². The standard InChI is InChI=1S/C43H52N.CH3.BrH.Ni/c1-7-11-13-16-26-38-30-40(31-42(41(38)10-4)36-22-17-14-18-23-36)44-33(6)35(9-3)28-34-27-32(5)43(37-24-19-15-20-25-37)39(29-34)21-12-8-2;;;/h14-15,17-20,22-25,27,29-31H,7-13,16,21,26H2,1-6H3;1H3;1H;/q;;;+1/p-1. The molecule has 47 heavy (non-hydrogen) atoms. The minimum absolute atomic E-state index is 0.285. The van der Waals surface area contributed by atoms with Crippen LogP contribution in [0.1, 0.15) is 107 Å². The van der Waals surface area contributed by atoms with E-state index >= 15 is 0 Å². The van der Waals surface area contributed by atoms with Crippen LogP contribution >= 0.6 is 14.2 Å². The van der Waals surface area contributed by atoms with Crippen LogP contribution in [0.5, 0.6) is 0 Å². The van der Waals surface area contributed by atoms with Gasteiger partial charge in [0.15, 0.2) is 0 Å². The van der Waals surface area contributed by atoms with Crippen LogP contribution in [0.3, 0.4) is 0 Å². The van der Waals surface area contributed by atoms with Crippen LogP contribution in [0.25, 0.3) is 26.8 Å². The summed E-state index contributed by atoms with van der Waals surface area (Å²) in [6.07, 6.45) is 11.6. The van der Waals surface area contributed by atoms with Gasteiger partial charge in [-0.05, 0) is 0 Å². The quantitative estimate of drug-likeness (QED) is 0.0617. The van der Waals surface area contributed by atoms with Crippen molar-refractivity contribution in [2.24, 2.45) is 4.99 Å². The first-order valence-corrected chi connectivity index (χ1v) is 21.6. The Balaban J connectivity index is 1.87. The molecule has 0 radical (unpaired) electrons. The minimum atomic E-state index is -0.285. The van der Waals surface area contributed by atoms with Gasteiger partial charge < -0.3 is 0 Å². The van der Waals surface area contributed by atoms with E-state index in [0.29, 0.717) is 0 Å². The van der Waals surface area contributed by atoms with Crippen molar-refractivity contribution in [2.75, 3.05) is 0 Å². The molecule has 4 aromatic rings. The van der Waals surface area contributed by atoms with Gasteiger partial charge in [0.1, 0.15) is 0 Å². The van der Waals surface area contributed by atoms with E-state index in [9.17, 15) is 0 Å². The number of allylic oxidation sites excluding steroid dienone is 1. The zero-order chi connectivity index (χ0) is 33.8. The molecule has 0 aromatic heterocycles. The molecule has 253 valence electrons. The topological polar surface area (TPSA) is 12.4 Å². The van der Waals surface area contributed by atoms with Gasteiger partial charge in [-0.15, -0.1) is 0 Å². The van der Waals surface area contributed by atoms with Crippen molar-refractivity contribution < 1.29 is 11.6 Å². The normalized spacial score (nSPS) is 12.7. The van der Waals surface area contributed by atoms with Crippen molar-refractivity contribution in [3.05, 3.63) is 118 Å². The molecule has 4 rings (SSSR count). The second kappa shape index (κ2) is 18.7. The third-order valence-electron chi connectivity index (χ3n) is 9.13. The Bertz CT molecular complexity index is 1650. The first-order chi connectivity index (χ1) is 22.8. The van der Waals surface area contributed by atoms with Gasteiger partial charge >= 0.3 is 292 Å². The Morgan fingerprint density at radius 3 is 1.96 bits per heavy atom. The molecule has 0 fully saturated rings. The predicted molar refractivity (Wildman–Crippen MR) is 209 cm³/mol. The summed E-state index contributed by atoms with van der Waals surface area (Å²) in [4.78, 5) is 5.43. The molecule has 3 heteroatoms. The summed E-state index contributed by atoms with van der Waals surface area (Å²) in [6.45, 7) is 13.7. The zero-order valence-electron chi connectivity index (χ0n) is 29.8. The van der Waals surface area contributed by atoms with Crippen molar-refractivity contribution in [1.29, 1.82) is 0 Å². The van der Waals surface area contributed by atoms with Gasteiger partial charge in [0.25, 0.3) is 0 Å². The van der Waals surface area contributed by atoms with E-state index in [4.69, 9.17) is 4.99 Å². The summed E-state index contributed by atoms with van der Waals surface area (Å²) in [6, 6.07) is 31.5. The number of rotatable bonds is 16. The molecule has 0 spiro atoms. The summed E-state index contributed by atoms with van der Waals surface area (Å²) in [5, 5.41) is 0. The van der Waals surface area contributed by atoms with E-state index in [1.807, 2.05) is 0 Å². The molecule has 0 N–H and O–H groups in total. The van der Waals surface area contributed by atoms with E-state index < -0.39 is 0 Å². The molecule has 0 unspecified atom stereocenters. The number of aliphatic imine (C=N–C) groups is 1. The first-order valence-electron chi connectivity index (χ1n) is 17.7. The van der Waals surface area contributed by atoms with Gasteiger partial charge in [-0.3, -0.25) is 0 Å². The van der Waals surface area contributed by atoms with Crippen LogP contribution in [0.4, 0.5) is 5.69 Å². The first kappa shape index (κ1) is 37.1. The van der Waals surface area contributed by atoms with Crippen molar-refractivity contribution in [2.45, 2.75) is 112 Å². The van der Waals surface area contributed by atoms with Crippen LogP contribution in [0.2, 0.25) is 5.89 Å². The van der Waals surface area contributed by atoms with Crippen LogP contribution in [0, 0.1) is 6.92 Å². The molecular weight excluding hydrogens is 681 g/mol. The average molecular weight is 737 g/mol. The molecule has 1 nitrogen and oxygen atoms in total. The second-order valence-corrected chi connectivity index (χ2v) is 17.3. The maximum absolute atomic E-state index is 5.43. The number of halogens is 1. The average Bonchev–Trinajstić information content (AvgIpc) is 3.08. The third-order valence-corrected chi connectivity index (χ3v) is 11.4.